The van der Waals surface area contributed by atoms with Gasteiger partial charge < -0.3 is 0 Å². The number of nitrogens with zero attached hydrogens (tertiary/aromatic N) is 1. The van der Waals surface area contributed by atoms with Gasteiger partial charge in [-0.1, -0.05) is 18.2 Å². The van der Waals surface area contributed by atoms with Crippen LogP contribution in [0.5, 0.6) is 0 Å². The van der Waals surface area contributed by atoms with Gasteiger partial charge in [-0.15, -0.1) is 11.3 Å². The van der Waals surface area contributed by atoms with Crippen LogP contribution in [-0.4, -0.2) is 9.55 Å². The zero-order chi connectivity index (χ0) is 12.7. The highest BCUT2D eigenvalue weighted by molar-refractivity contribution is 7.16. The largest absolute Gasteiger partial charge is 0.334 e. The Hall–Kier alpha value is -2.14. The van der Waals surface area contributed by atoms with Gasteiger partial charge in [-0.05, 0) is 30.0 Å². The van der Waals surface area contributed by atoms with Crippen LogP contribution in [0, 0.1) is 6.92 Å². The van der Waals surface area contributed by atoms with Crippen LogP contribution in [0.3, 0.4) is 0 Å². The van der Waals surface area contributed by atoms with Crippen LogP contribution in [0.4, 0.5) is 0 Å². The van der Waals surface area contributed by atoms with Crippen molar-refractivity contribution < 1.29 is 0 Å². The normalized spacial score (nSPS) is 10.9. The second-order valence-electron chi connectivity index (χ2n) is 4.03. The predicted octanol–water partition coefficient (Wildman–Crippen LogP) is 2.05. The van der Waals surface area contributed by atoms with Crippen molar-refractivity contribution in [3.8, 4) is 5.69 Å². The molecule has 0 radical (unpaired) electrons. The lowest BCUT2D eigenvalue weighted by Gasteiger charge is -2.04. The van der Waals surface area contributed by atoms with E-state index in [1.165, 1.54) is 15.9 Å². The van der Waals surface area contributed by atoms with Gasteiger partial charge in [0, 0.05) is 0 Å². The standard InChI is InChI=1S/C13H10N2O2S/c1-8-7-18-11-10(8)12(16)15(13(17)14-11)9-5-3-2-4-6-9/h2-7H,1H3,(H,14,17). The molecule has 2 heterocycles. The minimum Gasteiger partial charge on any atom is -0.298 e. The maximum atomic E-state index is 12.4. The molecular formula is C13H10N2O2S. The lowest BCUT2D eigenvalue weighted by molar-refractivity contribution is 0.903. The molecule has 0 saturated carbocycles. The van der Waals surface area contributed by atoms with Crippen molar-refractivity contribution in [2.24, 2.45) is 0 Å². The van der Waals surface area contributed by atoms with E-state index in [2.05, 4.69) is 4.98 Å². The number of hydrogen-bond acceptors (Lipinski definition) is 3. The highest BCUT2D eigenvalue weighted by Gasteiger charge is 2.12. The average molecular weight is 258 g/mol. The molecule has 0 unspecified atom stereocenters. The molecule has 0 fully saturated rings. The summed E-state index contributed by atoms with van der Waals surface area (Å²) in [5.74, 6) is 0. The van der Waals surface area contributed by atoms with Crippen LogP contribution in [-0.2, 0) is 0 Å². The molecule has 0 saturated heterocycles. The Balaban J connectivity index is 2.47. The Morgan fingerprint density at radius 2 is 1.89 bits per heavy atom. The third-order valence-corrected chi connectivity index (χ3v) is 3.84. The molecule has 90 valence electrons. The SMILES string of the molecule is Cc1csc2[nH]c(=O)n(-c3ccccc3)c(=O)c12. The van der Waals surface area contributed by atoms with Crippen molar-refractivity contribution in [2.75, 3.05) is 0 Å². The van der Waals surface area contributed by atoms with Crippen LogP contribution in [0.2, 0.25) is 0 Å². The van der Waals surface area contributed by atoms with Gasteiger partial charge in [-0.3, -0.25) is 9.78 Å². The molecule has 0 atom stereocenters. The summed E-state index contributed by atoms with van der Waals surface area (Å²) in [5, 5.41) is 2.46. The number of benzene rings is 1. The van der Waals surface area contributed by atoms with Crippen molar-refractivity contribution in [2.45, 2.75) is 6.92 Å². The number of aryl methyl sites for hydroxylation is 1. The number of para-hydroxylation sites is 1. The van der Waals surface area contributed by atoms with Crippen molar-refractivity contribution in [3.63, 3.8) is 0 Å². The fraction of sp³-hybridized carbons (Fsp3) is 0.0769. The fourth-order valence-corrected chi connectivity index (χ4v) is 2.90. The van der Waals surface area contributed by atoms with Crippen LogP contribution < -0.4 is 11.2 Å². The van der Waals surface area contributed by atoms with Gasteiger partial charge in [0.05, 0.1) is 11.1 Å². The van der Waals surface area contributed by atoms with Crippen molar-refractivity contribution in [1.82, 2.24) is 9.55 Å². The van der Waals surface area contributed by atoms with Gasteiger partial charge in [-0.2, -0.15) is 0 Å². The minimum absolute atomic E-state index is 0.265. The smallest absolute Gasteiger partial charge is 0.298 e. The number of hydrogen-bond donors (Lipinski definition) is 1. The molecule has 3 rings (SSSR count). The number of fused-ring (bicyclic) bond motifs is 1. The molecule has 0 aliphatic heterocycles. The van der Waals surface area contributed by atoms with Gasteiger partial charge in [-0.25, -0.2) is 9.36 Å². The molecule has 5 heteroatoms. The van der Waals surface area contributed by atoms with E-state index in [9.17, 15) is 9.59 Å². The average Bonchev–Trinajstić information content (AvgIpc) is 2.72. The third-order valence-electron chi connectivity index (χ3n) is 2.83. The molecule has 0 aliphatic carbocycles. The number of rotatable bonds is 1. The summed E-state index contributed by atoms with van der Waals surface area (Å²) in [4.78, 5) is 27.7. The first-order chi connectivity index (χ1) is 8.68. The van der Waals surface area contributed by atoms with E-state index in [4.69, 9.17) is 0 Å². The zero-order valence-corrected chi connectivity index (χ0v) is 10.5. The summed E-state index contributed by atoms with van der Waals surface area (Å²) in [7, 11) is 0. The Morgan fingerprint density at radius 1 is 1.17 bits per heavy atom. The molecule has 0 bridgehead atoms. The van der Waals surface area contributed by atoms with E-state index in [-0.39, 0.29) is 5.56 Å². The van der Waals surface area contributed by atoms with E-state index in [1.807, 2.05) is 18.4 Å². The van der Waals surface area contributed by atoms with Crippen LogP contribution in [0.25, 0.3) is 15.9 Å². The molecule has 18 heavy (non-hydrogen) atoms. The maximum absolute atomic E-state index is 12.4. The predicted molar refractivity (Wildman–Crippen MR) is 72.8 cm³/mol. The van der Waals surface area contributed by atoms with Crippen LogP contribution in [0.15, 0.2) is 45.3 Å². The second-order valence-corrected chi connectivity index (χ2v) is 4.91. The lowest BCUT2D eigenvalue weighted by Crippen LogP contribution is -2.33. The van der Waals surface area contributed by atoms with Crippen LogP contribution in [0.1, 0.15) is 5.56 Å². The van der Waals surface area contributed by atoms with E-state index in [1.54, 1.807) is 24.3 Å². The molecule has 4 nitrogen and oxygen atoms in total. The number of aromatic amines is 1. The number of aromatic nitrogens is 2. The molecule has 2 aromatic heterocycles. The Labute approximate surface area is 106 Å². The zero-order valence-electron chi connectivity index (χ0n) is 9.64. The summed E-state index contributed by atoms with van der Waals surface area (Å²) in [6.07, 6.45) is 0. The van der Waals surface area contributed by atoms with Gasteiger partial charge in [0.2, 0.25) is 0 Å². The quantitative estimate of drug-likeness (QED) is 0.726. The van der Waals surface area contributed by atoms with Gasteiger partial charge in [0.1, 0.15) is 4.83 Å². The number of H-pyrrole nitrogens is 1. The third kappa shape index (κ3) is 1.52. The molecule has 3 aromatic rings. The summed E-state index contributed by atoms with van der Waals surface area (Å²) in [6, 6.07) is 8.92. The molecule has 0 spiro atoms. The molecule has 1 N–H and O–H groups in total. The highest BCUT2D eigenvalue weighted by Crippen LogP contribution is 2.18. The fourth-order valence-electron chi connectivity index (χ4n) is 1.97. The monoisotopic (exact) mass is 258 g/mol. The van der Waals surface area contributed by atoms with E-state index in [0.29, 0.717) is 15.9 Å². The molecule has 0 amide bonds. The second kappa shape index (κ2) is 3.96. The van der Waals surface area contributed by atoms with E-state index >= 15 is 0 Å². The molecule has 1 aromatic carbocycles. The first-order valence-electron chi connectivity index (χ1n) is 5.47. The van der Waals surface area contributed by atoms with Crippen LogP contribution >= 0.6 is 11.3 Å². The van der Waals surface area contributed by atoms with E-state index < -0.39 is 5.69 Å². The summed E-state index contributed by atoms with van der Waals surface area (Å²) >= 11 is 1.38. The summed E-state index contributed by atoms with van der Waals surface area (Å²) in [5.41, 5.74) is 0.802. The number of thiophene rings is 1. The summed E-state index contributed by atoms with van der Waals surface area (Å²) in [6.45, 7) is 1.87. The van der Waals surface area contributed by atoms with Gasteiger partial charge in [0.15, 0.2) is 0 Å². The van der Waals surface area contributed by atoms with Gasteiger partial charge in [0.25, 0.3) is 5.56 Å². The minimum atomic E-state index is -0.402. The summed E-state index contributed by atoms with van der Waals surface area (Å²) < 4.78 is 1.17. The van der Waals surface area contributed by atoms with Crippen molar-refractivity contribution in [3.05, 3.63) is 62.1 Å². The Bertz CT molecular complexity index is 828. The van der Waals surface area contributed by atoms with E-state index in [0.717, 1.165) is 5.56 Å². The first-order valence-corrected chi connectivity index (χ1v) is 6.35. The Kier molecular flexibility index (Phi) is 2.41. The maximum Gasteiger partial charge on any atom is 0.334 e. The number of nitrogens with one attached hydrogen (secondary N) is 1. The first kappa shape index (κ1) is 11.0. The highest BCUT2D eigenvalue weighted by atomic mass is 32.1. The van der Waals surface area contributed by atoms with Gasteiger partial charge >= 0.3 is 5.69 Å². The lowest BCUT2D eigenvalue weighted by atomic mass is 10.2. The topological polar surface area (TPSA) is 54.9 Å². The Morgan fingerprint density at radius 3 is 2.61 bits per heavy atom. The molecule has 0 aliphatic rings. The van der Waals surface area contributed by atoms with Crippen molar-refractivity contribution >= 4 is 21.6 Å². The van der Waals surface area contributed by atoms with Crippen molar-refractivity contribution in [1.29, 1.82) is 0 Å². The molecular weight excluding hydrogens is 248 g/mol.